The first kappa shape index (κ1) is 28.8. The van der Waals surface area contributed by atoms with Gasteiger partial charge in [-0.1, -0.05) is 31.0 Å². The molecule has 37 heavy (non-hydrogen) atoms. The van der Waals surface area contributed by atoms with Crippen LogP contribution in [0, 0.1) is 5.92 Å². The summed E-state index contributed by atoms with van der Waals surface area (Å²) in [4.78, 5) is 29.5. The first-order chi connectivity index (χ1) is 17.6. The summed E-state index contributed by atoms with van der Waals surface area (Å²) in [5.41, 5.74) is -0.330. The molecule has 0 unspecified atom stereocenters. The number of pyridine rings is 1. The number of amides is 2. The van der Waals surface area contributed by atoms with Gasteiger partial charge in [-0.2, -0.15) is 0 Å². The smallest absolute Gasteiger partial charge is 0.277 e. The summed E-state index contributed by atoms with van der Waals surface area (Å²) in [7, 11) is -4.22. The van der Waals surface area contributed by atoms with E-state index in [1.165, 1.54) is 6.07 Å². The molecular formula is C20H24F4N6O5S2. The van der Waals surface area contributed by atoms with E-state index in [9.17, 15) is 35.6 Å². The zero-order valence-electron chi connectivity index (χ0n) is 19.2. The van der Waals surface area contributed by atoms with Crippen molar-refractivity contribution in [2.75, 3.05) is 17.6 Å². The van der Waals surface area contributed by atoms with Gasteiger partial charge in [0.2, 0.25) is 28.0 Å². The maximum atomic E-state index is 13.1. The molecule has 0 bridgehead atoms. The molecule has 1 aliphatic carbocycles. The second-order valence-corrected chi connectivity index (χ2v) is 10.9. The number of halogens is 4. The molecule has 2 aromatic heterocycles. The van der Waals surface area contributed by atoms with Gasteiger partial charge in [-0.15, -0.1) is 0 Å². The summed E-state index contributed by atoms with van der Waals surface area (Å²) in [6.07, 6.45) is -0.703. The molecule has 17 heteroatoms. The van der Waals surface area contributed by atoms with Gasteiger partial charge in [0.25, 0.3) is 12.3 Å². The van der Waals surface area contributed by atoms with E-state index in [0.717, 1.165) is 31.5 Å². The van der Waals surface area contributed by atoms with Crippen molar-refractivity contribution in [3.63, 3.8) is 0 Å². The van der Waals surface area contributed by atoms with E-state index >= 15 is 0 Å². The minimum Gasteiger partial charge on any atom is -0.338 e. The van der Waals surface area contributed by atoms with E-state index in [4.69, 9.17) is 0 Å². The van der Waals surface area contributed by atoms with Crippen LogP contribution in [0.1, 0.15) is 42.6 Å². The standard InChI is InChI=1S/C20H24F4N6O5S2/c21-13(22)9-26-37(33,34)12-6-7-15(25-8-12)27-18(31)16(11-4-2-1-3-5-11)28-19(32)17-20(30-35-29-17)36-10-14(23)24/h6-8,11,13-14,16,26H,1-5,9-10H2,(H,28,32)(H,25,27,31)/t16-/m0/s1. The third-order valence-corrected chi connectivity index (χ3v) is 7.80. The van der Waals surface area contributed by atoms with Crippen molar-refractivity contribution in [2.45, 2.75) is 60.9 Å². The first-order valence-electron chi connectivity index (χ1n) is 11.2. The summed E-state index contributed by atoms with van der Waals surface area (Å²) in [6, 6.07) is 1.21. The third-order valence-electron chi connectivity index (χ3n) is 5.44. The normalized spacial score (nSPS) is 15.6. The number of aromatic nitrogens is 3. The zero-order valence-corrected chi connectivity index (χ0v) is 20.8. The molecule has 1 saturated carbocycles. The maximum Gasteiger partial charge on any atom is 0.277 e. The van der Waals surface area contributed by atoms with E-state index in [0.29, 0.717) is 24.6 Å². The molecule has 1 aliphatic rings. The highest BCUT2D eigenvalue weighted by Gasteiger charge is 2.33. The van der Waals surface area contributed by atoms with Gasteiger partial charge < -0.3 is 10.6 Å². The van der Waals surface area contributed by atoms with Gasteiger partial charge in [0.05, 0.1) is 12.3 Å². The highest BCUT2D eigenvalue weighted by molar-refractivity contribution is 7.99. The van der Waals surface area contributed by atoms with E-state index in [1.54, 1.807) is 4.72 Å². The van der Waals surface area contributed by atoms with Gasteiger partial charge in [-0.3, -0.25) is 9.59 Å². The Hall–Kier alpha value is -2.79. The Bertz CT molecular complexity index is 1160. The van der Waals surface area contributed by atoms with Crippen LogP contribution in [-0.2, 0) is 14.8 Å². The third kappa shape index (κ3) is 8.36. The molecule has 0 aliphatic heterocycles. The predicted molar refractivity (Wildman–Crippen MR) is 123 cm³/mol. The predicted octanol–water partition coefficient (Wildman–Crippen LogP) is 2.68. The number of alkyl halides is 4. The molecule has 1 atom stereocenters. The largest absolute Gasteiger partial charge is 0.338 e. The highest BCUT2D eigenvalue weighted by atomic mass is 32.2. The Morgan fingerprint density at radius 2 is 1.81 bits per heavy atom. The molecule has 3 rings (SSSR count). The molecule has 0 radical (unpaired) electrons. The maximum absolute atomic E-state index is 13.1. The summed E-state index contributed by atoms with van der Waals surface area (Å²) < 4.78 is 80.1. The Balaban J connectivity index is 1.72. The van der Waals surface area contributed by atoms with Crippen molar-refractivity contribution in [3.05, 3.63) is 24.0 Å². The molecule has 0 spiro atoms. The molecule has 0 saturated heterocycles. The second kappa shape index (κ2) is 13.1. The lowest BCUT2D eigenvalue weighted by molar-refractivity contribution is -0.119. The van der Waals surface area contributed by atoms with Crippen LogP contribution >= 0.6 is 11.8 Å². The number of carbonyl (C=O) groups excluding carboxylic acids is 2. The number of carbonyl (C=O) groups is 2. The van der Waals surface area contributed by atoms with Crippen LogP contribution in [-0.4, -0.2) is 66.7 Å². The van der Waals surface area contributed by atoms with Crippen LogP contribution in [0.25, 0.3) is 0 Å². The lowest BCUT2D eigenvalue weighted by Crippen LogP contribution is -2.49. The van der Waals surface area contributed by atoms with Gasteiger partial charge >= 0.3 is 0 Å². The zero-order chi connectivity index (χ0) is 27.0. The van der Waals surface area contributed by atoms with Crippen LogP contribution < -0.4 is 15.4 Å². The number of hydrogen-bond donors (Lipinski definition) is 3. The second-order valence-electron chi connectivity index (χ2n) is 8.08. The Kier molecular flexibility index (Phi) is 10.2. The number of sulfonamides is 1. The van der Waals surface area contributed by atoms with E-state index in [1.807, 2.05) is 0 Å². The van der Waals surface area contributed by atoms with Crippen molar-refractivity contribution < 1.29 is 40.2 Å². The van der Waals surface area contributed by atoms with Crippen molar-refractivity contribution in [3.8, 4) is 0 Å². The molecule has 2 amide bonds. The Morgan fingerprint density at radius 3 is 2.43 bits per heavy atom. The lowest BCUT2D eigenvalue weighted by atomic mass is 9.83. The average Bonchev–Trinajstić information content (AvgIpc) is 3.34. The van der Waals surface area contributed by atoms with Crippen LogP contribution in [0.4, 0.5) is 23.4 Å². The Morgan fingerprint density at radius 1 is 1.08 bits per heavy atom. The Labute approximate surface area is 213 Å². The number of nitrogens with zero attached hydrogens (tertiary/aromatic N) is 3. The van der Waals surface area contributed by atoms with Crippen molar-refractivity contribution >= 4 is 39.4 Å². The fourth-order valence-electron chi connectivity index (χ4n) is 3.70. The van der Waals surface area contributed by atoms with Gasteiger partial charge in [0.1, 0.15) is 16.8 Å². The van der Waals surface area contributed by atoms with Crippen molar-refractivity contribution in [1.82, 2.24) is 25.3 Å². The molecule has 2 aromatic rings. The molecule has 1 fully saturated rings. The number of nitrogens with one attached hydrogen (secondary N) is 3. The fourth-order valence-corrected chi connectivity index (χ4v) is 5.29. The van der Waals surface area contributed by atoms with E-state index in [2.05, 4.69) is 30.6 Å². The number of hydrogen-bond acceptors (Lipinski definition) is 9. The molecule has 204 valence electrons. The molecule has 0 aromatic carbocycles. The minimum atomic E-state index is -4.22. The molecule has 2 heterocycles. The van der Waals surface area contributed by atoms with Crippen molar-refractivity contribution in [2.24, 2.45) is 5.92 Å². The minimum absolute atomic E-state index is 0.0378. The van der Waals surface area contributed by atoms with Gasteiger partial charge in [-0.25, -0.2) is 40.3 Å². The van der Waals surface area contributed by atoms with Gasteiger partial charge in [0.15, 0.2) is 5.03 Å². The number of thioether (sulfide) groups is 1. The summed E-state index contributed by atoms with van der Waals surface area (Å²) in [5.74, 6) is -2.38. The molecule has 11 nitrogen and oxygen atoms in total. The van der Waals surface area contributed by atoms with E-state index < -0.39 is 53.0 Å². The van der Waals surface area contributed by atoms with Crippen LogP contribution in [0.15, 0.2) is 32.9 Å². The SMILES string of the molecule is O=C(N[C@H](C(=O)Nc1ccc(S(=O)(=O)NCC(F)F)cn1)C1CCCCC1)c1nonc1SCC(F)F. The topological polar surface area (TPSA) is 156 Å². The van der Waals surface area contributed by atoms with Crippen LogP contribution in [0.2, 0.25) is 0 Å². The average molecular weight is 569 g/mol. The van der Waals surface area contributed by atoms with E-state index in [-0.39, 0.29) is 27.4 Å². The van der Waals surface area contributed by atoms with Crippen LogP contribution in [0.3, 0.4) is 0 Å². The van der Waals surface area contributed by atoms with Gasteiger partial charge in [0, 0.05) is 6.20 Å². The fraction of sp³-hybridized carbons (Fsp3) is 0.550. The number of anilines is 1. The number of rotatable bonds is 12. The van der Waals surface area contributed by atoms with Crippen LogP contribution in [0.5, 0.6) is 0 Å². The monoisotopic (exact) mass is 568 g/mol. The van der Waals surface area contributed by atoms with Crippen molar-refractivity contribution in [1.29, 1.82) is 0 Å². The lowest BCUT2D eigenvalue weighted by Gasteiger charge is -2.29. The van der Waals surface area contributed by atoms with Gasteiger partial charge in [-0.05, 0) is 41.2 Å². The summed E-state index contributed by atoms with van der Waals surface area (Å²) >= 11 is 0.587. The quantitative estimate of drug-likeness (QED) is 0.259. The summed E-state index contributed by atoms with van der Waals surface area (Å²) in [6.45, 7) is -1.06. The molecule has 3 N–H and O–H groups in total. The summed E-state index contributed by atoms with van der Waals surface area (Å²) in [5, 5.41) is 11.9. The first-order valence-corrected chi connectivity index (χ1v) is 13.6. The molecular weight excluding hydrogens is 544 g/mol. The highest BCUT2D eigenvalue weighted by Crippen LogP contribution is 2.28.